The van der Waals surface area contributed by atoms with Gasteiger partial charge in [0.25, 0.3) is 0 Å². The molecule has 28 heavy (non-hydrogen) atoms. The Hall–Kier alpha value is -3.54. The van der Waals surface area contributed by atoms with E-state index in [1.54, 1.807) is 0 Å². The van der Waals surface area contributed by atoms with Crippen molar-refractivity contribution >= 4 is 28.6 Å². The number of nitrogens with one attached hydrogen (secondary N) is 1. The average Bonchev–Trinajstić information content (AvgIpc) is 3.03. The molecule has 3 N–H and O–H groups in total. The van der Waals surface area contributed by atoms with E-state index >= 15 is 0 Å². The largest absolute Gasteiger partial charge is 0.480 e. The highest BCUT2D eigenvalue weighted by Crippen LogP contribution is 2.26. The number of rotatable bonds is 4. The number of nitrogen functional groups attached to an aromatic ring is 1. The molecule has 0 spiro atoms. The van der Waals surface area contributed by atoms with Crippen molar-refractivity contribution in [3.8, 4) is 11.9 Å². The third-order valence-electron chi connectivity index (χ3n) is 4.99. The Morgan fingerprint density at radius 3 is 3.00 bits per heavy atom. The van der Waals surface area contributed by atoms with Crippen molar-refractivity contribution in [3.63, 3.8) is 0 Å². The number of nitriles is 1. The number of anilines is 3. The van der Waals surface area contributed by atoms with E-state index in [0.29, 0.717) is 17.2 Å². The van der Waals surface area contributed by atoms with Gasteiger partial charge in [-0.25, -0.2) is 9.97 Å². The molecule has 0 unspecified atom stereocenters. The second-order valence-corrected chi connectivity index (χ2v) is 6.88. The average molecular weight is 378 g/mol. The van der Waals surface area contributed by atoms with E-state index in [1.165, 1.54) is 13.3 Å². The molecule has 1 aromatic carbocycles. The lowest BCUT2D eigenvalue weighted by molar-refractivity contribution is 0.395. The first-order chi connectivity index (χ1) is 13.6. The van der Waals surface area contributed by atoms with Crippen LogP contribution in [0.5, 0.6) is 5.88 Å². The van der Waals surface area contributed by atoms with Gasteiger partial charge in [0.1, 0.15) is 11.6 Å². The van der Waals surface area contributed by atoms with Crippen LogP contribution < -0.4 is 20.7 Å². The smallest absolute Gasteiger partial charge is 0.236 e. The quantitative estimate of drug-likeness (QED) is 0.661. The van der Waals surface area contributed by atoms with Crippen molar-refractivity contribution in [1.29, 1.82) is 5.26 Å². The van der Waals surface area contributed by atoms with Gasteiger partial charge in [0.2, 0.25) is 17.8 Å². The van der Waals surface area contributed by atoms with Gasteiger partial charge in [-0.05, 0) is 31.0 Å². The van der Waals surface area contributed by atoms with E-state index in [1.807, 2.05) is 31.3 Å². The van der Waals surface area contributed by atoms with Crippen LogP contribution in [0.3, 0.4) is 0 Å². The zero-order valence-electron chi connectivity index (χ0n) is 15.9. The van der Waals surface area contributed by atoms with Crippen molar-refractivity contribution in [2.45, 2.75) is 18.9 Å². The molecule has 1 aliphatic rings. The summed E-state index contributed by atoms with van der Waals surface area (Å²) in [6.07, 6.45) is 3.50. The summed E-state index contributed by atoms with van der Waals surface area (Å²) in [6, 6.07) is 7.97. The third-order valence-corrected chi connectivity index (χ3v) is 4.99. The standard InChI is InChI=1S/C19H22N8O/c1-26-16-6-5-13(21)8-15(16)24-19(26)27-7-3-4-14(11-27)23-18-22-10-12(9-20)17(25-18)28-2/h5-6,8,10,14H,3-4,7,11,21H2,1-2H3,(H,22,23,25)/t14-/m1/s1. The highest BCUT2D eigenvalue weighted by atomic mass is 16.5. The molecule has 3 heterocycles. The number of piperidine rings is 1. The zero-order valence-corrected chi connectivity index (χ0v) is 15.9. The van der Waals surface area contributed by atoms with Crippen molar-refractivity contribution in [2.24, 2.45) is 7.05 Å². The van der Waals surface area contributed by atoms with Crippen LogP contribution in [0.25, 0.3) is 11.0 Å². The normalized spacial score (nSPS) is 16.8. The van der Waals surface area contributed by atoms with Gasteiger partial charge in [-0.1, -0.05) is 0 Å². The van der Waals surface area contributed by atoms with Crippen molar-refractivity contribution < 1.29 is 4.74 Å². The minimum atomic E-state index is 0.163. The van der Waals surface area contributed by atoms with Crippen molar-refractivity contribution in [1.82, 2.24) is 19.5 Å². The fraction of sp³-hybridized carbons (Fsp3) is 0.368. The minimum Gasteiger partial charge on any atom is -0.480 e. The predicted octanol–water partition coefficient (Wildman–Crippen LogP) is 1.91. The van der Waals surface area contributed by atoms with Gasteiger partial charge >= 0.3 is 0 Å². The topological polar surface area (TPSA) is 118 Å². The Morgan fingerprint density at radius 1 is 1.36 bits per heavy atom. The SMILES string of the molecule is COc1nc(N[C@@H]2CCCN(c3nc4cc(N)ccc4n3C)C2)ncc1C#N. The highest BCUT2D eigenvalue weighted by Gasteiger charge is 2.24. The first-order valence-electron chi connectivity index (χ1n) is 9.13. The van der Waals surface area contributed by atoms with Gasteiger partial charge in [0.05, 0.1) is 24.3 Å². The molecular formula is C19H22N8O. The number of nitrogens with zero attached hydrogens (tertiary/aromatic N) is 6. The lowest BCUT2D eigenvalue weighted by Crippen LogP contribution is -2.43. The van der Waals surface area contributed by atoms with Gasteiger partial charge in [-0.15, -0.1) is 0 Å². The molecule has 4 rings (SSSR count). The van der Waals surface area contributed by atoms with E-state index in [0.717, 1.165) is 42.9 Å². The van der Waals surface area contributed by atoms with E-state index in [-0.39, 0.29) is 11.9 Å². The Kier molecular flexibility index (Phi) is 4.61. The Morgan fingerprint density at radius 2 is 2.21 bits per heavy atom. The summed E-state index contributed by atoms with van der Waals surface area (Å²) in [6.45, 7) is 1.71. The predicted molar refractivity (Wildman–Crippen MR) is 107 cm³/mol. The Labute approximate surface area is 162 Å². The molecule has 0 radical (unpaired) electrons. The summed E-state index contributed by atoms with van der Waals surface area (Å²) in [7, 11) is 3.51. The molecule has 9 nitrogen and oxygen atoms in total. The molecule has 0 saturated carbocycles. The summed E-state index contributed by atoms with van der Waals surface area (Å²) in [5.74, 6) is 1.66. The zero-order chi connectivity index (χ0) is 19.7. The molecule has 1 aliphatic heterocycles. The number of aryl methyl sites for hydroxylation is 1. The van der Waals surface area contributed by atoms with Crippen LogP contribution in [0, 0.1) is 11.3 Å². The maximum absolute atomic E-state index is 9.07. The second kappa shape index (κ2) is 7.23. The van der Waals surface area contributed by atoms with E-state index in [2.05, 4.69) is 24.8 Å². The van der Waals surface area contributed by atoms with Gasteiger partial charge in [-0.2, -0.15) is 10.2 Å². The Balaban J connectivity index is 1.54. The number of aromatic nitrogens is 4. The number of benzene rings is 1. The number of hydrogen-bond donors (Lipinski definition) is 2. The van der Waals surface area contributed by atoms with Crippen LogP contribution in [0.1, 0.15) is 18.4 Å². The van der Waals surface area contributed by atoms with Crippen LogP contribution in [0.2, 0.25) is 0 Å². The molecule has 144 valence electrons. The van der Waals surface area contributed by atoms with E-state index in [9.17, 15) is 0 Å². The lowest BCUT2D eigenvalue weighted by Gasteiger charge is -2.33. The molecule has 2 aromatic heterocycles. The molecular weight excluding hydrogens is 356 g/mol. The van der Waals surface area contributed by atoms with E-state index < -0.39 is 0 Å². The number of nitrogens with two attached hydrogens (primary N) is 1. The van der Waals surface area contributed by atoms with Crippen LogP contribution in [-0.4, -0.2) is 45.8 Å². The summed E-state index contributed by atoms with van der Waals surface area (Å²) in [4.78, 5) is 15.6. The summed E-state index contributed by atoms with van der Waals surface area (Å²) in [5.41, 5.74) is 8.88. The molecule has 1 fully saturated rings. The molecule has 0 amide bonds. The fourth-order valence-electron chi connectivity index (χ4n) is 3.61. The minimum absolute atomic E-state index is 0.163. The van der Waals surface area contributed by atoms with Crippen LogP contribution in [0.15, 0.2) is 24.4 Å². The summed E-state index contributed by atoms with van der Waals surface area (Å²) >= 11 is 0. The van der Waals surface area contributed by atoms with Gasteiger partial charge in [0.15, 0.2) is 0 Å². The maximum Gasteiger partial charge on any atom is 0.236 e. The number of imidazole rings is 1. The summed E-state index contributed by atoms with van der Waals surface area (Å²) < 4.78 is 7.26. The van der Waals surface area contributed by atoms with E-state index in [4.69, 9.17) is 20.7 Å². The fourth-order valence-corrected chi connectivity index (χ4v) is 3.61. The monoisotopic (exact) mass is 378 g/mol. The first-order valence-corrected chi connectivity index (χ1v) is 9.13. The first kappa shape index (κ1) is 17.9. The number of ether oxygens (including phenoxy) is 1. The third kappa shape index (κ3) is 3.24. The molecule has 1 saturated heterocycles. The van der Waals surface area contributed by atoms with Crippen molar-refractivity contribution in [2.75, 3.05) is 36.1 Å². The maximum atomic E-state index is 9.07. The van der Waals surface area contributed by atoms with Crippen molar-refractivity contribution in [3.05, 3.63) is 30.0 Å². The van der Waals surface area contributed by atoms with Crippen LogP contribution in [0.4, 0.5) is 17.6 Å². The molecule has 0 bridgehead atoms. The highest BCUT2D eigenvalue weighted by molar-refractivity contribution is 5.82. The van der Waals surface area contributed by atoms with Crippen LogP contribution >= 0.6 is 0 Å². The van der Waals surface area contributed by atoms with Gasteiger partial charge in [0, 0.05) is 31.9 Å². The van der Waals surface area contributed by atoms with Gasteiger partial charge < -0.3 is 25.3 Å². The molecule has 0 aliphatic carbocycles. The second-order valence-electron chi connectivity index (χ2n) is 6.88. The summed E-state index contributed by atoms with van der Waals surface area (Å²) in [5, 5.41) is 12.4. The Bertz CT molecular complexity index is 1050. The number of fused-ring (bicyclic) bond motifs is 1. The number of methoxy groups -OCH3 is 1. The van der Waals surface area contributed by atoms with Gasteiger partial charge in [-0.3, -0.25) is 0 Å². The number of hydrogen-bond acceptors (Lipinski definition) is 8. The van der Waals surface area contributed by atoms with Crippen LogP contribution in [-0.2, 0) is 7.05 Å². The molecule has 1 atom stereocenters. The molecule has 3 aromatic rings. The molecule has 9 heteroatoms. The lowest BCUT2D eigenvalue weighted by atomic mass is 10.1.